The lowest BCUT2D eigenvalue weighted by Gasteiger charge is -2.32. The molecule has 4 rings (SSSR count). The van der Waals surface area contributed by atoms with Crippen molar-refractivity contribution in [2.75, 3.05) is 18.4 Å². The van der Waals surface area contributed by atoms with Gasteiger partial charge in [-0.1, -0.05) is 49.6 Å². The number of rotatable bonds is 8. The zero-order chi connectivity index (χ0) is 22.9. The van der Waals surface area contributed by atoms with Crippen LogP contribution < -0.4 is 16.0 Å². The predicted octanol–water partition coefficient (Wildman–Crippen LogP) is 4.31. The summed E-state index contributed by atoms with van der Waals surface area (Å²) in [5, 5.41) is 11.6. The minimum Gasteiger partial charge on any atom is -0.353 e. The molecule has 1 aromatic carbocycles. The van der Waals surface area contributed by atoms with E-state index in [4.69, 9.17) is 0 Å². The molecule has 0 radical (unpaired) electrons. The maximum atomic E-state index is 12.4. The van der Waals surface area contributed by atoms with Gasteiger partial charge in [-0.3, -0.25) is 15.0 Å². The summed E-state index contributed by atoms with van der Waals surface area (Å²) < 4.78 is 0. The molecule has 178 valence electrons. The molecule has 1 aromatic heterocycles. The van der Waals surface area contributed by atoms with Crippen LogP contribution in [-0.4, -0.2) is 47.0 Å². The van der Waals surface area contributed by atoms with Crippen LogP contribution in [0.3, 0.4) is 0 Å². The molecular weight excluding hydrogens is 434 g/mol. The predicted molar refractivity (Wildman–Crippen MR) is 132 cm³/mol. The van der Waals surface area contributed by atoms with Crippen LogP contribution in [0.5, 0.6) is 0 Å². The summed E-state index contributed by atoms with van der Waals surface area (Å²) >= 11 is 1.41. The molecule has 3 amide bonds. The Balaban J connectivity index is 1.12. The summed E-state index contributed by atoms with van der Waals surface area (Å²) in [7, 11) is 0. The SMILES string of the molecule is O=C(CCc1csc(NC(=O)NC2CCCCC2)n1)NC1CCN(Cc2ccccc2)CC1. The number of piperidine rings is 1. The molecule has 0 bridgehead atoms. The van der Waals surface area contributed by atoms with Gasteiger partial charge in [0, 0.05) is 43.5 Å². The Morgan fingerprint density at radius 2 is 1.70 bits per heavy atom. The first-order valence-electron chi connectivity index (χ1n) is 12.2. The zero-order valence-corrected chi connectivity index (χ0v) is 20.0. The molecule has 0 atom stereocenters. The molecule has 33 heavy (non-hydrogen) atoms. The second-order valence-corrected chi connectivity index (χ2v) is 10.0. The molecule has 1 aliphatic carbocycles. The van der Waals surface area contributed by atoms with Gasteiger partial charge in [-0.2, -0.15) is 0 Å². The topological polar surface area (TPSA) is 86.4 Å². The van der Waals surface area contributed by atoms with Crippen LogP contribution in [0.1, 0.15) is 62.6 Å². The Morgan fingerprint density at radius 1 is 0.970 bits per heavy atom. The molecule has 1 saturated heterocycles. The van der Waals surface area contributed by atoms with Crippen molar-refractivity contribution in [1.29, 1.82) is 0 Å². The van der Waals surface area contributed by atoms with Gasteiger partial charge in [-0.25, -0.2) is 9.78 Å². The normalized spacial score (nSPS) is 18.1. The van der Waals surface area contributed by atoms with Crippen LogP contribution in [0.2, 0.25) is 0 Å². The van der Waals surface area contributed by atoms with E-state index in [9.17, 15) is 9.59 Å². The number of carbonyl (C=O) groups excluding carboxylic acids is 2. The van der Waals surface area contributed by atoms with Crippen LogP contribution in [0, 0.1) is 0 Å². The third-order valence-corrected chi connectivity index (χ3v) is 7.33. The van der Waals surface area contributed by atoms with Crippen LogP contribution >= 0.6 is 11.3 Å². The summed E-state index contributed by atoms with van der Waals surface area (Å²) in [6.07, 6.45) is 8.70. The highest BCUT2D eigenvalue weighted by Gasteiger charge is 2.21. The van der Waals surface area contributed by atoms with Crippen molar-refractivity contribution in [3.63, 3.8) is 0 Å². The number of nitrogens with one attached hydrogen (secondary N) is 3. The lowest BCUT2D eigenvalue weighted by Crippen LogP contribution is -2.44. The Morgan fingerprint density at radius 3 is 2.45 bits per heavy atom. The fourth-order valence-electron chi connectivity index (χ4n) is 4.66. The number of nitrogens with zero attached hydrogens (tertiary/aromatic N) is 2. The molecule has 2 aromatic rings. The summed E-state index contributed by atoms with van der Waals surface area (Å²) in [6, 6.07) is 10.9. The number of urea groups is 1. The van der Waals surface area contributed by atoms with Crippen molar-refractivity contribution in [2.24, 2.45) is 0 Å². The maximum absolute atomic E-state index is 12.4. The van der Waals surface area contributed by atoms with E-state index < -0.39 is 0 Å². The Kier molecular flexibility index (Phi) is 8.72. The molecule has 2 heterocycles. The highest BCUT2D eigenvalue weighted by atomic mass is 32.1. The second kappa shape index (κ2) is 12.1. The fourth-order valence-corrected chi connectivity index (χ4v) is 5.40. The van der Waals surface area contributed by atoms with Gasteiger partial charge >= 0.3 is 6.03 Å². The summed E-state index contributed by atoms with van der Waals surface area (Å²) in [5.74, 6) is 0.0778. The number of hydrogen-bond donors (Lipinski definition) is 3. The molecule has 7 nitrogen and oxygen atoms in total. The second-order valence-electron chi connectivity index (χ2n) is 9.18. The molecule has 2 aliphatic rings. The van der Waals surface area contributed by atoms with E-state index in [-0.39, 0.29) is 24.0 Å². The number of likely N-dealkylation sites (tertiary alicyclic amines) is 1. The summed E-state index contributed by atoms with van der Waals surface area (Å²) in [4.78, 5) is 31.5. The molecule has 1 aliphatic heterocycles. The van der Waals surface area contributed by atoms with Gasteiger partial charge in [-0.15, -0.1) is 11.3 Å². The average Bonchev–Trinajstić information content (AvgIpc) is 3.27. The van der Waals surface area contributed by atoms with Gasteiger partial charge in [0.15, 0.2) is 5.13 Å². The highest BCUT2D eigenvalue weighted by molar-refractivity contribution is 7.13. The van der Waals surface area contributed by atoms with E-state index in [2.05, 4.69) is 50.1 Å². The van der Waals surface area contributed by atoms with Gasteiger partial charge in [0.2, 0.25) is 5.91 Å². The zero-order valence-electron chi connectivity index (χ0n) is 19.2. The minimum atomic E-state index is -0.181. The van der Waals surface area contributed by atoms with Crippen LogP contribution in [-0.2, 0) is 17.8 Å². The molecule has 0 spiro atoms. The number of thiazole rings is 1. The lowest BCUT2D eigenvalue weighted by atomic mass is 9.96. The lowest BCUT2D eigenvalue weighted by molar-refractivity contribution is -0.122. The molecule has 0 unspecified atom stereocenters. The van der Waals surface area contributed by atoms with Gasteiger partial charge in [-0.05, 0) is 37.7 Å². The molecule has 3 N–H and O–H groups in total. The largest absolute Gasteiger partial charge is 0.353 e. The standard InChI is InChI=1S/C25H35N5O2S/c31-23(26-21-13-15-30(16-14-21)17-19-7-3-1-4-8-19)12-11-22-18-33-25(28-22)29-24(32)27-20-9-5-2-6-10-20/h1,3-4,7-8,18,20-21H,2,5-6,9-17H2,(H,26,31)(H2,27,28,29,32). The van der Waals surface area contributed by atoms with Gasteiger partial charge < -0.3 is 10.6 Å². The summed E-state index contributed by atoms with van der Waals surface area (Å²) in [6.45, 7) is 2.98. The van der Waals surface area contributed by atoms with Crippen molar-refractivity contribution >= 4 is 28.4 Å². The van der Waals surface area contributed by atoms with Crippen molar-refractivity contribution in [3.05, 3.63) is 47.0 Å². The smallest absolute Gasteiger partial charge is 0.321 e. The van der Waals surface area contributed by atoms with Crippen molar-refractivity contribution in [2.45, 2.75) is 76.4 Å². The highest BCUT2D eigenvalue weighted by Crippen LogP contribution is 2.19. The van der Waals surface area contributed by atoms with Gasteiger partial charge in [0.05, 0.1) is 5.69 Å². The number of aryl methyl sites for hydroxylation is 1. The van der Waals surface area contributed by atoms with E-state index in [1.165, 1.54) is 36.2 Å². The number of carbonyl (C=O) groups is 2. The van der Waals surface area contributed by atoms with E-state index in [0.717, 1.165) is 51.0 Å². The number of amides is 3. The van der Waals surface area contributed by atoms with Crippen LogP contribution in [0.4, 0.5) is 9.93 Å². The van der Waals surface area contributed by atoms with E-state index in [0.29, 0.717) is 18.0 Å². The minimum absolute atomic E-state index is 0.0778. The van der Waals surface area contributed by atoms with Crippen LogP contribution in [0.25, 0.3) is 0 Å². The number of anilines is 1. The van der Waals surface area contributed by atoms with E-state index in [1.807, 2.05) is 11.4 Å². The first-order valence-corrected chi connectivity index (χ1v) is 13.1. The number of benzene rings is 1. The van der Waals surface area contributed by atoms with Crippen molar-refractivity contribution in [1.82, 2.24) is 20.5 Å². The first kappa shape index (κ1) is 23.7. The van der Waals surface area contributed by atoms with Crippen molar-refractivity contribution < 1.29 is 9.59 Å². The molecule has 1 saturated carbocycles. The van der Waals surface area contributed by atoms with E-state index in [1.54, 1.807) is 0 Å². The number of hydrogen-bond acceptors (Lipinski definition) is 5. The van der Waals surface area contributed by atoms with Gasteiger partial charge in [0.1, 0.15) is 0 Å². The Labute approximate surface area is 200 Å². The molecule has 2 fully saturated rings. The average molecular weight is 470 g/mol. The Bertz CT molecular complexity index is 889. The molecule has 8 heteroatoms. The van der Waals surface area contributed by atoms with E-state index >= 15 is 0 Å². The quantitative estimate of drug-likeness (QED) is 0.538. The first-order chi connectivity index (χ1) is 16.1. The summed E-state index contributed by atoms with van der Waals surface area (Å²) in [5.41, 5.74) is 2.18. The monoisotopic (exact) mass is 469 g/mol. The fraction of sp³-hybridized carbons (Fsp3) is 0.560. The van der Waals surface area contributed by atoms with Crippen LogP contribution in [0.15, 0.2) is 35.7 Å². The maximum Gasteiger partial charge on any atom is 0.321 e. The van der Waals surface area contributed by atoms with Gasteiger partial charge in [0.25, 0.3) is 0 Å². The number of aromatic nitrogens is 1. The third-order valence-electron chi connectivity index (χ3n) is 6.52. The third kappa shape index (κ3) is 7.82. The molecular formula is C25H35N5O2S. The Hall–Kier alpha value is -2.45. The van der Waals surface area contributed by atoms with Crippen molar-refractivity contribution in [3.8, 4) is 0 Å².